The summed E-state index contributed by atoms with van der Waals surface area (Å²) in [4.78, 5) is 14.9. The second kappa shape index (κ2) is 5.85. The van der Waals surface area contributed by atoms with Crippen molar-refractivity contribution in [2.45, 2.75) is 13.1 Å². The third-order valence-electron chi connectivity index (χ3n) is 3.42. The van der Waals surface area contributed by atoms with Crippen LogP contribution in [0.15, 0.2) is 51.9 Å². The van der Waals surface area contributed by atoms with Gasteiger partial charge in [0.15, 0.2) is 5.76 Å². The van der Waals surface area contributed by atoms with Crippen molar-refractivity contribution in [3.63, 3.8) is 0 Å². The maximum absolute atomic E-state index is 12.0. The molecule has 0 spiro atoms. The number of hydrogen-bond acceptors (Lipinski definition) is 3. The number of hydrogen-bond donors (Lipinski definition) is 2. The van der Waals surface area contributed by atoms with Crippen molar-refractivity contribution in [2.75, 3.05) is 7.11 Å². The first kappa shape index (κ1) is 13.5. The molecule has 2 heterocycles. The summed E-state index contributed by atoms with van der Waals surface area (Å²) in [6, 6.07) is 11.3. The average Bonchev–Trinajstić information content (AvgIpc) is 3.00. The molecule has 5 heteroatoms. The van der Waals surface area contributed by atoms with Gasteiger partial charge in [0.1, 0.15) is 18.8 Å². The van der Waals surface area contributed by atoms with Crippen molar-refractivity contribution in [3.05, 3.63) is 64.3 Å². The summed E-state index contributed by atoms with van der Waals surface area (Å²) >= 11 is 0. The van der Waals surface area contributed by atoms with Crippen molar-refractivity contribution < 1.29 is 14.5 Å². The highest BCUT2D eigenvalue weighted by Crippen LogP contribution is 2.18. The molecule has 1 aromatic carbocycles. The van der Waals surface area contributed by atoms with Crippen LogP contribution in [0.3, 0.4) is 0 Å². The minimum absolute atomic E-state index is 0.0524. The molecule has 0 aliphatic carbocycles. The number of furan rings is 1. The minimum Gasteiger partial charge on any atom is -0.497 e. The van der Waals surface area contributed by atoms with Gasteiger partial charge in [-0.1, -0.05) is 0 Å². The minimum atomic E-state index is -0.0524. The van der Waals surface area contributed by atoms with Crippen LogP contribution in [0.5, 0.6) is 5.75 Å². The van der Waals surface area contributed by atoms with E-state index in [1.807, 2.05) is 41.7 Å². The van der Waals surface area contributed by atoms with E-state index in [0.717, 1.165) is 28.0 Å². The molecule has 0 aliphatic heterocycles. The zero-order valence-corrected chi connectivity index (χ0v) is 11.8. The molecule has 0 saturated heterocycles. The molecule has 0 atom stereocenters. The van der Waals surface area contributed by atoms with Crippen LogP contribution in [0.1, 0.15) is 11.3 Å². The largest absolute Gasteiger partial charge is 0.497 e. The van der Waals surface area contributed by atoms with Crippen LogP contribution in [0.4, 0.5) is 0 Å². The van der Waals surface area contributed by atoms with E-state index in [2.05, 4.69) is 4.98 Å². The van der Waals surface area contributed by atoms with E-state index in [4.69, 9.17) is 9.15 Å². The number of aromatic amines is 1. The molecule has 2 aromatic heterocycles. The second-order valence-electron chi connectivity index (χ2n) is 4.85. The molecule has 0 fully saturated rings. The average molecular weight is 285 g/mol. The van der Waals surface area contributed by atoms with Crippen molar-refractivity contribution in [1.82, 2.24) is 4.98 Å². The zero-order chi connectivity index (χ0) is 14.7. The lowest BCUT2D eigenvalue weighted by molar-refractivity contribution is -0.688. The SMILES string of the molecule is COc1ccc2[nH]c(=O)c(C[NH2+]Cc3ccco3)cc2c1. The number of fused-ring (bicyclic) bond motifs is 1. The fourth-order valence-corrected chi connectivity index (χ4v) is 2.31. The van der Waals surface area contributed by atoms with Crippen LogP contribution >= 0.6 is 0 Å². The Balaban J connectivity index is 1.80. The van der Waals surface area contributed by atoms with E-state index >= 15 is 0 Å². The van der Waals surface area contributed by atoms with Crippen LogP contribution in [0.2, 0.25) is 0 Å². The first-order chi connectivity index (χ1) is 10.3. The van der Waals surface area contributed by atoms with Gasteiger partial charge in [-0.2, -0.15) is 0 Å². The number of methoxy groups -OCH3 is 1. The number of pyridine rings is 1. The predicted molar refractivity (Wildman–Crippen MR) is 79.2 cm³/mol. The van der Waals surface area contributed by atoms with E-state index in [1.165, 1.54) is 0 Å². The summed E-state index contributed by atoms with van der Waals surface area (Å²) < 4.78 is 10.5. The van der Waals surface area contributed by atoms with E-state index in [1.54, 1.807) is 13.4 Å². The topological polar surface area (TPSA) is 71.8 Å². The number of nitrogens with two attached hydrogens (primary N) is 1. The first-order valence-electron chi connectivity index (χ1n) is 6.80. The standard InChI is InChI=1S/C16H16N2O3/c1-20-13-4-5-15-11(8-13)7-12(16(19)18-15)9-17-10-14-3-2-6-21-14/h2-8,17H,9-10H2,1H3,(H,18,19)/p+1. The number of H-pyrrole nitrogens is 1. The quantitative estimate of drug-likeness (QED) is 0.744. The number of aromatic nitrogens is 1. The predicted octanol–water partition coefficient (Wildman–Crippen LogP) is 1.39. The Kier molecular flexibility index (Phi) is 3.75. The Bertz CT molecular complexity index is 791. The van der Waals surface area contributed by atoms with Gasteiger partial charge in [0.2, 0.25) is 0 Å². The normalized spacial score (nSPS) is 10.9. The van der Waals surface area contributed by atoms with Gasteiger partial charge in [0.05, 0.1) is 18.9 Å². The molecule has 0 unspecified atom stereocenters. The smallest absolute Gasteiger partial charge is 0.257 e. The molecule has 0 amide bonds. The molecule has 5 nitrogen and oxygen atoms in total. The number of nitrogens with one attached hydrogen (secondary N) is 1. The molecule has 0 aliphatic rings. The summed E-state index contributed by atoms with van der Waals surface area (Å²) in [7, 11) is 1.63. The second-order valence-corrected chi connectivity index (χ2v) is 4.85. The summed E-state index contributed by atoms with van der Waals surface area (Å²) in [6.45, 7) is 1.31. The zero-order valence-electron chi connectivity index (χ0n) is 11.8. The maximum Gasteiger partial charge on any atom is 0.257 e. The maximum atomic E-state index is 12.0. The Morgan fingerprint density at radius 2 is 2.14 bits per heavy atom. The van der Waals surface area contributed by atoms with E-state index in [9.17, 15) is 4.79 Å². The van der Waals surface area contributed by atoms with Crippen molar-refractivity contribution in [3.8, 4) is 5.75 Å². The van der Waals surface area contributed by atoms with Crippen LogP contribution in [0.25, 0.3) is 10.9 Å². The highest BCUT2D eigenvalue weighted by molar-refractivity contribution is 5.80. The highest BCUT2D eigenvalue weighted by Gasteiger charge is 2.06. The summed E-state index contributed by atoms with van der Waals surface area (Å²) in [5.74, 6) is 1.67. The molecule has 21 heavy (non-hydrogen) atoms. The molecule has 0 saturated carbocycles. The van der Waals surface area contributed by atoms with E-state index in [0.29, 0.717) is 13.1 Å². The van der Waals surface area contributed by atoms with Crippen molar-refractivity contribution >= 4 is 10.9 Å². The first-order valence-corrected chi connectivity index (χ1v) is 6.80. The lowest BCUT2D eigenvalue weighted by atomic mass is 10.1. The summed E-state index contributed by atoms with van der Waals surface area (Å²) in [6.07, 6.45) is 1.65. The molecule has 3 N–H and O–H groups in total. The number of benzene rings is 1. The molecule has 3 aromatic rings. The van der Waals surface area contributed by atoms with Gasteiger partial charge in [-0.05, 0) is 36.4 Å². The van der Waals surface area contributed by atoms with Gasteiger partial charge in [-0.15, -0.1) is 0 Å². The molecular formula is C16H17N2O3+. The Morgan fingerprint density at radius 1 is 1.24 bits per heavy atom. The Labute approximate surface area is 121 Å². The monoisotopic (exact) mass is 285 g/mol. The van der Waals surface area contributed by atoms with Gasteiger partial charge in [-0.25, -0.2) is 0 Å². The fraction of sp³-hybridized carbons (Fsp3) is 0.188. The van der Waals surface area contributed by atoms with Gasteiger partial charge in [-0.3, -0.25) is 4.79 Å². The van der Waals surface area contributed by atoms with Crippen LogP contribution in [-0.4, -0.2) is 12.1 Å². The van der Waals surface area contributed by atoms with E-state index < -0.39 is 0 Å². The summed E-state index contributed by atoms with van der Waals surface area (Å²) in [5.41, 5.74) is 1.50. The molecule has 3 rings (SSSR count). The third-order valence-corrected chi connectivity index (χ3v) is 3.42. The van der Waals surface area contributed by atoms with Crippen molar-refractivity contribution in [1.29, 1.82) is 0 Å². The van der Waals surface area contributed by atoms with E-state index in [-0.39, 0.29) is 5.56 Å². The molecule has 108 valence electrons. The lowest BCUT2D eigenvalue weighted by Crippen LogP contribution is -2.81. The third kappa shape index (κ3) is 2.98. The summed E-state index contributed by atoms with van der Waals surface area (Å²) in [5, 5.41) is 3.01. The molecular weight excluding hydrogens is 268 g/mol. The van der Waals surface area contributed by atoms with Crippen molar-refractivity contribution in [2.24, 2.45) is 0 Å². The van der Waals surface area contributed by atoms with Crippen LogP contribution < -0.4 is 15.6 Å². The number of quaternary nitrogens is 1. The van der Waals surface area contributed by atoms with Gasteiger partial charge in [0, 0.05) is 10.9 Å². The molecule has 0 bridgehead atoms. The molecule has 0 radical (unpaired) electrons. The van der Waals surface area contributed by atoms with Gasteiger partial charge < -0.3 is 19.5 Å². The Hall–Kier alpha value is -2.53. The fourth-order valence-electron chi connectivity index (χ4n) is 2.31. The van der Waals surface area contributed by atoms with Crippen LogP contribution in [-0.2, 0) is 13.1 Å². The highest BCUT2D eigenvalue weighted by atomic mass is 16.5. The Morgan fingerprint density at radius 3 is 2.90 bits per heavy atom. The van der Waals surface area contributed by atoms with Gasteiger partial charge >= 0.3 is 0 Å². The number of rotatable bonds is 5. The lowest BCUT2D eigenvalue weighted by Gasteiger charge is -2.05. The van der Waals surface area contributed by atoms with Gasteiger partial charge in [0.25, 0.3) is 5.56 Å². The number of ether oxygens (including phenoxy) is 1. The van der Waals surface area contributed by atoms with Crippen LogP contribution in [0, 0.1) is 0 Å².